The van der Waals surface area contributed by atoms with Crippen LogP contribution in [-0.4, -0.2) is 52.8 Å². The van der Waals surface area contributed by atoms with E-state index in [1.54, 1.807) is 12.4 Å². The van der Waals surface area contributed by atoms with Crippen molar-refractivity contribution in [3.05, 3.63) is 66.0 Å². The van der Waals surface area contributed by atoms with E-state index in [4.69, 9.17) is 0 Å². The Labute approximate surface area is 160 Å². The zero-order valence-corrected chi connectivity index (χ0v) is 15.7. The number of hydrogen-bond donors (Lipinski definition) is 1. The van der Waals surface area contributed by atoms with Crippen LogP contribution in [0.1, 0.15) is 30.5 Å². The maximum Gasteiger partial charge on any atom is 0.225 e. The molecule has 1 aliphatic heterocycles. The molecule has 0 aliphatic carbocycles. The minimum atomic E-state index is -0.286. The Morgan fingerprint density at radius 3 is 2.33 bits per heavy atom. The monoisotopic (exact) mass is 366 g/mol. The van der Waals surface area contributed by atoms with Gasteiger partial charge in [-0.3, -0.25) is 19.5 Å². The summed E-state index contributed by atoms with van der Waals surface area (Å²) in [6.07, 6.45) is 3.90. The van der Waals surface area contributed by atoms with Gasteiger partial charge in [0.1, 0.15) is 0 Å². The van der Waals surface area contributed by atoms with Crippen LogP contribution in [0, 0.1) is 0 Å². The number of aromatic nitrogens is 1. The lowest BCUT2D eigenvalue weighted by atomic mass is 10.0. The molecule has 1 atom stereocenters. The molecule has 2 aromatic rings. The third kappa shape index (κ3) is 5.62. The second-order valence-electron chi connectivity index (χ2n) is 6.88. The molecule has 2 heterocycles. The third-order valence-electron chi connectivity index (χ3n) is 4.84. The van der Waals surface area contributed by atoms with E-state index in [-0.39, 0.29) is 24.3 Å². The number of carbonyl (C=O) groups excluding carboxylic acids is 2. The molecule has 0 spiro atoms. The van der Waals surface area contributed by atoms with Crippen molar-refractivity contribution in [2.45, 2.75) is 25.9 Å². The molecule has 1 aromatic heterocycles. The van der Waals surface area contributed by atoms with Crippen LogP contribution in [0.2, 0.25) is 0 Å². The van der Waals surface area contributed by atoms with Gasteiger partial charge in [0.25, 0.3) is 0 Å². The first-order valence-corrected chi connectivity index (χ1v) is 9.33. The van der Waals surface area contributed by atoms with Gasteiger partial charge >= 0.3 is 0 Å². The molecule has 1 saturated heterocycles. The van der Waals surface area contributed by atoms with Crippen molar-refractivity contribution in [3.8, 4) is 0 Å². The van der Waals surface area contributed by atoms with E-state index < -0.39 is 0 Å². The summed E-state index contributed by atoms with van der Waals surface area (Å²) < 4.78 is 0. The standard InChI is InChI=1S/C21H26N4O2/c1-17(26)23-20(19-5-3-2-4-6-19)15-21(27)25-13-11-24(12-14-25)16-18-7-9-22-10-8-18/h2-10,20H,11-16H2,1H3,(H,23,26)/t20-/m0/s1. The molecule has 6 heteroatoms. The number of benzene rings is 1. The summed E-state index contributed by atoms with van der Waals surface area (Å²) in [5.41, 5.74) is 2.19. The Hall–Kier alpha value is -2.73. The van der Waals surface area contributed by atoms with E-state index in [0.717, 1.165) is 25.2 Å². The highest BCUT2D eigenvalue weighted by atomic mass is 16.2. The number of carbonyl (C=O) groups is 2. The topological polar surface area (TPSA) is 65.5 Å². The van der Waals surface area contributed by atoms with E-state index in [1.807, 2.05) is 47.4 Å². The second kappa shape index (κ2) is 9.28. The molecule has 142 valence electrons. The van der Waals surface area contributed by atoms with Crippen LogP contribution in [0.3, 0.4) is 0 Å². The number of nitrogens with zero attached hydrogens (tertiary/aromatic N) is 3. The fourth-order valence-corrected chi connectivity index (χ4v) is 3.39. The summed E-state index contributed by atoms with van der Waals surface area (Å²) in [6, 6.07) is 13.4. The Morgan fingerprint density at radius 2 is 1.70 bits per heavy atom. The molecular formula is C21H26N4O2. The van der Waals surface area contributed by atoms with Crippen molar-refractivity contribution in [2.24, 2.45) is 0 Å². The number of rotatable bonds is 6. The van der Waals surface area contributed by atoms with E-state index >= 15 is 0 Å². The largest absolute Gasteiger partial charge is 0.349 e. The highest BCUT2D eigenvalue weighted by Crippen LogP contribution is 2.19. The SMILES string of the molecule is CC(=O)N[C@@H](CC(=O)N1CCN(Cc2ccncc2)CC1)c1ccccc1. The Balaban J connectivity index is 1.54. The molecule has 0 unspecified atom stereocenters. The predicted octanol–water partition coefficient (Wildman–Crippen LogP) is 1.99. The van der Waals surface area contributed by atoms with Gasteiger partial charge < -0.3 is 10.2 Å². The molecule has 0 bridgehead atoms. The van der Waals surface area contributed by atoms with Crippen molar-refractivity contribution < 1.29 is 9.59 Å². The van der Waals surface area contributed by atoms with Gasteiger partial charge in [0.15, 0.2) is 0 Å². The van der Waals surface area contributed by atoms with Crippen molar-refractivity contribution in [2.75, 3.05) is 26.2 Å². The molecule has 0 saturated carbocycles. The summed E-state index contributed by atoms with van der Waals surface area (Å²) in [4.78, 5) is 32.6. The maximum absolute atomic E-state index is 12.8. The molecular weight excluding hydrogens is 340 g/mol. The molecule has 3 rings (SSSR count). The average Bonchev–Trinajstić information content (AvgIpc) is 2.69. The summed E-state index contributed by atoms with van der Waals surface area (Å²) in [5, 5.41) is 2.90. The number of pyridine rings is 1. The molecule has 27 heavy (non-hydrogen) atoms. The van der Waals surface area contributed by atoms with Crippen LogP contribution in [0.15, 0.2) is 54.9 Å². The number of amides is 2. The predicted molar refractivity (Wildman–Crippen MR) is 104 cm³/mol. The molecule has 1 aromatic carbocycles. The molecule has 1 fully saturated rings. The van der Waals surface area contributed by atoms with Gasteiger partial charge in [0.2, 0.25) is 11.8 Å². The fraction of sp³-hybridized carbons (Fsp3) is 0.381. The maximum atomic E-state index is 12.8. The molecule has 1 N–H and O–H groups in total. The van der Waals surface area contributed by atoms with Crippen LogP contribution in [0.5, 0.6) is 0 Å². The summed E-state index contributed by atoms with van der Waals surface area (Å²) in [5.74, 6) is -0.0417. The van der Waals surface area contributed by atoms with Gasteiger partial charge in [-0.1, -0.05) is 30.3 Å². The Kier molecular flexibility index (Phi) is 6.54. The highest BCUT2D eigenvalue weighted by Gasteiger charge is 2.24. The molecule has 1 aliphatic rings. The van der Waals surface area contributed by atoms with Crippen LogP contribution in [0.25, 0.3) is 0 Å². The van der Waals surface area contributed by atoms with Crippen LogP contribution >= 0.6 is 0 Å². The van der Waals surface area contributed by atoms with Crippen LogP contribution in [-0.2, 0) is 16.1 Å². The quantitative estimate of drug-likeness (QED) is 0.849. The van der Waals surface area contributed by atoms with Gasteiger partial charge in [0.05, 0.1) is 12.5 Å². The smallest absolute Gasteiger partial charge is 0.225 e. The van der Waals surface area contributed by atoms with Crippen LogP contribution < -0.4 is 5.32 Å². The normalized spacial score (nSPS) is 16.0. The van der Waals surface area contributed by atoms with E-state index in [9.17, 15) is 9.59 Å². The molecule has 0 radical (unpaired) electrons. The van der Waals surface area contributed by atoms with Crippen molar-refractivity contribution in [3.63, 3.8) is 0 Å². The summed E-state index contributed by atoms with van der Waals surface area (Å²) >= 11 is 0. The lowest BCUT2D eigenvalue weighted by molar-refractivity contribution is -0.133. The minimum Gasteiger partial charge on any atom is -0.349 e. The Bertz CT molecular complexity index is 743. The van der Waals surface area contributed by atoms with E-state index in [0.29, 0.717) is 13.1 Å². The van der Waals surface area contributed by atoms with Gasteiger partial charge in [-0.15, -0.1) is 0 Å². The highest BCUT2D eigenvalue weighted by molar-refractivity contribution is 5.79. The van der Waals surface area contributed by atoms with Crippen molar-refractivity contribution in [1.29, 1.82) is 0 Å². The zero-order chi connectivity index (χ0) is 19.1. The first kappa shape index (κ1) is 19.0. The number of hydrogen-bond acceptors (Lipinski definition) is 4. The third-order valence-corrected chi connectivity index (χ3v) is 4.84. The van der Waals surface area contributed by atoms with Gasteiger partial charge in [-0.25, -0.2) is 0 Å². The van der Waals surface area contributed by atoms with Crippen LogP contribution in [0.4, 0.5) is 0 Å². The minimum absolute atomic E-state index is 0.0844. The summed E-state index contributed by atoms with van der Waals surface area (Å²) in [6.45, 7) is 5.49. The van der Waals surface area contributed by atoms with Gasteiger partial charge in [-0.05, 0) is 23.3 Å². The molecule has 6 nitrogen and oxygen atoms in total. The number of nitrogens with one attached hydrogen (secondary N) is 1. The van der Waals surface area contributed by atoms with Crippen molar-refractivity contribution >= 4 is 11.8 Å². The van der Waals surface area contributed by atoms with Gasteiger partial charge in [-0.2, -0.15) is 0 Å². The van der Waals surface area contributed by atoms with Crippen molar-refractivity contribution in [1.82, 2.24) is 20.1 Å². The summed E-state index contributed by atoms with van der Waals surface area (Å²) in [7, 11) is 0. The van der Waals surface area contributed by atoms with Gasteiger partial charge in [0, 0.05) is 52.0 Å². The lowest BCUT2D eigenvalue weighted by Crippen LogP contribution is -2.49. The molecule has 2 amide bonds. The second-order valence-corrected chi connectivity index (χ2v) is 6.88. The number of piperazine rings is 1. The first-order chi connectivity index (χ1) is 13.1. The first-order valence-electron chi connectivity index (χ1n) is 9.33. The lowest BCUT2D eigenvalue weighted by Gasteiger charge is -2.35. The fourth-order valence-electron chi connectivity index (χ4n) is 3.39. The zero-order valence-electron chi connectivity index (χ0n) is 15.7. The van der Waals surface area contributed by atoms with E-state index in [2.05, 4.69) is 15.2 Å². The Morgan fingerprint density at radius 1 is 1.04 bits per heavy atom. The van der Waals surface area contributed by atoms with E-state index in [1.165, 1.54) is 12.5 Å². The average molecular weight is 366 g/mol.